The summed E-state index contributed by atoms with van der Waals surface area (Å²) in [5.41, 5.74) is 3.96. The van der Waals surface area contributed by atoms with Crippen molar-refractivity contribution in [2.75, 3.05) is 31.5 Å². The molecule has 0 radical (unpaired) electrons. The molecule has 0 heterocycles. The molecule has 0 spiro atoms. The van der Waals surface area contributed by atoms with E-state index in [2.05, 4.69) is 5.32 Å². The number of carbonyl (C=O) groups is 2. The molecule has 37 heavy (non-hydrogen) atoms. The van der Waals surface area contributed by atoms with E-state index in [9.17, 15) is 18.0 Å². The lowest BCUT2D eigenvalue weighted by atomic mass is 10.1. The fourth-order valence-electron chi connectivity index (χ4n) is 4.09. The van der Waals surface area contributed by atoms with Gasteiger partial charge in [0, 0.05) is 27.2 Å². The monoisotopic (exact) mass is 530 g/mol. The van der Waals surface area contributed by atoms with Crippen LogP contribution in [0.15, 0.2) is 42.5 Å². The van der Waals surface area contributed by atoms with Crippen LogP contribution in [-0.4, -0.2) is 62.7 Å². The van der Waals surface area contributed by atoms with Crippen molar-refractivity contribution >= 4 is 27.7 Å². The van der Waals surface area contributed by atoms with Gasteiger partial charge in [0.1, 0.15) is 12.6 Å². The highest BCUT2D eigenvalue weighted by Gasteiger charge is 2.34. The van der Waals surface area contributed by atoms with E-state index in [4.69, 9.17) is 0 Å². The minimum atomic E-state index is -3.99. The first-order chi connectivity index (χ1) is 17.4. The van der Waals surface area contributed by atoms with Crippen LogP contribution in [0.4, 0.5) is 5.69 Å². The Kier molecular flexibility index (Phi) is 11.1. The topological polar surface area (TPSA) is 90.0 Å². The zero-order valence-corrected chi connectivity index (χ0v) is 24.1. The van der Waals surface area contributed by atoms with E-state index in [1.807, 2.05) is 71.0 Å². The lowest BCUT2D eigenvalue weighted by Crippen LogP contribution is -2.53. The van der Waals surface area contributed by atoms with Crippen molar-refractivity contribution in [1.29, 1.82) is 0 Å². The van der Waals surface area contributed by atoms with E-state index >= 15 is 0 Å². The Bertz CT molecular complexity index is 1180. The van der Waals surface area contributed by atoms with E-state index in [1.54, 1.807) is 6.07 Å². The van der Waals surface area contributed by atoms with E-state index < -0.39 is 28.7 Å². The Morgan fingerprint density at radius 1 is 0.973 bits per heavy atom. The van der Waals surface area contributed by atoms with Crippen molar-refractivity contribution in [1.82, 2.24) is 14.5 Å². The smallest absolute Gasteiger partial charge is 0.304 e. The molecule has 0 aliphatic carbocycles. The van der Waals surface area contributed by atoms with Crippen LogP contribution in [-0.2, 0) is 26.3 Å². The maximum Gasteiger partial charge on any atom is 0.304 e. The standard InChI is InChI=1S/C28H42N4O4S/c1-8-10-17-29-28(34)25(9-2)31(19-24-14-12-11-13-22(24)4)27(33)20-32(37(35,36)30(6)7)26-18-21(3)15-16-23(26)5/h11-16,18,25H,8-10,17,19-20H2,1-7H3,(H,29,34)/t25-/m0/s1. The Balaban J connectivity index is 2.53. The van der Waals surface area contributed by atoms with Crippen molar-refractivity contribution in [3.05, 3.63) is 64.7 Å². The van der Waals surface area contributed by atoms with Crippen molar-refractivity contribution in [2.45, 2.75) is 66.5 Å². The minimum absolute atomic E-state index is 0.202. The first-order valence-corrected chi connectivity index (χ1v) is 14.2. The van der Waals surface area contributed by atoms with E-state index in [-0.39, 0.29) is 12.5 Å². The van der Waals surface area contributed by atoms with Crippen LogP contribution < -0.4 is 9.62 Å². The molecule has 0 saturated carbocycles. The third-order valence-corrected chi connectivity index (χ3v) is 8.28. The lowest BCUT2D eigenvalue weighted by molar-refractivity contribution is -0.140. The average Bonchev–Trinajstić information content (AvgIpc) is 2.85. The molecule has 0 aromatic heterocycles. The molecule has 0 bridgehead atoms. The molecule has 2 aromatic carbocycles. The molecule has 9 heteroatoms. The van der Waals surface area contributed by atoms with Crippen molar-refractivity contribution in [3.8, 4) is 0 Å². The predicted molar refractivity (Wildman–Crippen MR) is 150 cm³/mol. The quantitative estimate of drug-likeness (QED) is 0.397. The van der Waals surface area contributed by atoms with Crippen molar-refractivity contribution in [2.24, 2.45) is 0 Å². The third kappa shape index (κ3) is 7.79. The van der Waals surface area contributed by atoms with Gasteiger partial charge in [-0.3, -0.25) is 9.59 Å². The molecule has 0 fully saturated rings. The van der Waals surface area contributed by atoms with Crippen LogP contribution >= 0.6 is 0 Å². The fraction of sp³-hybridized carbons (Fsp3) is 0.500. The Morgan fingerprint density at radius 3 is 2.24 bits per heavy atom. The second-order valence-corrected chi connectivity index (χ2v) is 11.7. The number of rotatable bonds is 13. The summed E-state index contributed by atoms with van der Waals surface area (Å²) in [5.74, 6) is -0.668. The summed E-state index contributed by atoms with van der Waals surface area (Å²) in [4.78, 5) is 28.7. The Hall–Kier alpha value is -2.91. The van der Waals surface area contributed by atoms with Crippen LogP contribution in [0.1, 0.15) is 55.4 Å². The van der Waals surface area contributed by atoms with Crippen LogP contribution in [0.2, 0.25) is 0 Å². The van der Waals surface area contributed by atoms with Crippen LogP contribution in [0.3, 0.4) is 0 Å². The van der Waals surface area contributed by atoms with E-state index in [0.29, 0.717) is 18.7 Å². The van der Waals surface area contributed by atoms with Crippen molar-refractivity contribution < 1.29 is 18.0 Å². The summed E-state index contributed by atoms with van der Waals surface area (Å²) in [6.07, 6.45) is 2.19. The number of aryl methyl sites for hydroxylation is 3. The molecule has 2 aromatic rings. The number of nitrogens with one attached hydrogen (secondary N) is 1. The number of unbranched alkanes of at least 4 members (excludes halogenated alkanes) is 1. The summed E-state index contributed by atoms with van der Waals surface area (Å²) >= 11 is 0. The number of hydrogen-bond donors (Lipinski definition) is 1. The molecule has 0 aliphatic rings. The largest absolute Gasteiger partial charge is 0.354 e. The summed E-state index contributed by atoms with van der Waals surface area (Å²) in [6.45, 7) is 9.87. The zero-order valence-electron chi connectivity index (χ0n) is 23.2. The van der Waals surface area contributed by atoms with E-state index in [0.717, 1.165) is 43.7 Å². The van der Waals surface area contributed by atoms with Crippen LogP contribution in [0.25, 0.3) is 0 Å². The number of nitrogens with zero attached hydrogens (tertiary/aromatic N) is 3. The molecule has 1 atom stereocenters. The second kappa shape index (κ2) is 13.6. The zero-order chi connectivity index (χ0) is 27.8. The SMILES string of the molecule is CCCCNC(=O)[C@H](CC)N(Cc1ccccc1C)C(=O)CN(c1cc(C)ccc1C)S(=O)(=O)N(C)C. The van der Waals surface area contributed by atoms with E-state index in [1.165, 1.54) is 19.0 Å². The third-order valence-electron chi connectivity index (χ3n) is 6.47. The highest BCUT2D eigenvalue weighted by atomic mass is 32.2. The van der Waals surface area contributed by atoms with Gasteiger partial charge in [0.2, 0.25) is 11.8 Å². The second-order valence-electron chi connectivity index (χ2n) is 9.60. The maximum absolute atomic E-state index is 14.0. The molecule has 2 amide bonds. The highest BCUT2D eigenvalue weighted by molar-refractivity contribution is 7.90. The van der Waals surface area contributed by atoms with Gasteiger partial charge in [0.05, 0.1) is 5.69 Å². The molecular weight excluding hydrogens is 488 g/mol. The minimum Gasteiger partial charge on any atom is -0.354 e. The fourth-order valence-corrected chi connectivity index (χ4v) is 5.20. The van der Waals surface area contributed by atoms with Gasteiger partial charge in [0.25, 0.3) is 0 Å². The van der Waals surface area contributed by atoms with Crippen LogP contribution in [0.5, 0.6) is 0 Å². The van der Waals surface area contributed by atoms with Crippen LogP contribution in [0, 0.1) is 20.8 Å². The summed E-state index contributed by atoms with van der Waals surface area (Å²) in [6, 6.07) is 12.5. The molecule has 1 N–H and O–H groups in total. The number of amides is 2. The summed E-state index contributed by atoms with van der Waals surface area (Å²) in [5, 5.41) is 2.95. The Morgan fingerprint density at radius 2 is 1.65 bits per heavy atom. The summed E-state index contributed by atoms with van der Waals surface area (Å²) < 4.78 is 29.1. The van der Waals surface area contributed by atoms with Gasteiger partial charge in [-0.1, -0.05) is 56.7 Å². The van der Waals surface area contributed by atoms with Gasteiger partial charge in [-0.15, -0.1) is 0 Å². The normalized spacial score (nSPS) is 12.3. The summed E-state index contributed by atoms with van der Waals surface area (Å²) in [7, 11) is -1.11. The van der Waals surface area contributed by atoms with Gasteiger partial charge in [-0.25, -0.2) is 4.31 Å². The van der Waals surface area contributed by atoms with Gasteiger partial charge < -0.3 is 10.2 Å². The van der Waals surface area contributed by atoms with Gasteiger partial charge in [-0.2, -0.15) is 12.7 Å². The number of anilines is 1. The predicted octanol–water partition coefficient (Wildman–Crippen LogP) is 3.95. The van der Waals surface area contributed by atoms with Gasteiger partial charge in [0.15, 0.2) is 0 Å². The van der Waals surface area contributed by atoms with Crippen molar-refractivity contribution in [3.63, 3.8) is 0 Å². The molecule has 204 valence electrons. The highest BCUT2D eigenvalue weighted by Crippen LogP contribution is 2.26. The molecular formula is C28H42N4O4S. The molecule has 0 aliphatic heterocycles. The average molecular weight is 531 g/mol. The number of carbonyl (C=O) groups excluding carboxylic acids is 2. The number of hydrogen-bond acceptors (Lipinski definition) is 4. The van der Waals surface area contributed by atoms with Gasteiger partial charge in [-0.05, 0) is 61.9 Å². The molecule has 0 saturated heterocycles. The lowest BCUT2D eigenvalue weighted by Gasteiger charge is -2.34. The Labute approximate surface area is 222 Å². The van der Waals surface area contributed by atoms with Gasteiger partial charge >= 0.3 is 10.2 Å². The number of benzene rings is 2. The maximum atomic E-state index is 14.0. The molecule has 2 rings (SSSR count). The first kappa shape index (κ1) is 30.3. The molecule has 8 nitrogen and oxygen atoms in total. The first-order valence-electron chi connectivity index (χ1n) is 12.8. The molecule has 0 unspecified atom stereocenters.